The summed E-state index contributed by atoms with van der Waals surface area (Å²) in [5.74, 6) is 0. The van der Waals surface area contributed by atoms with Gasteiger partial charge in [0.1, 0.15) is 0 Å². The summed E-state index contributed by atoms with van der Waals surface area (Å²) in [5, 5.41) is 5.03. The molecule has 0 heteroatoms. The molecule has 6 rings (SSSR count). The number of fused-ring (bicyclic) bond motifs is 2. The van der Waals surface area contributed by atoms with Gasteiger partial charge in [0.2, 0.25) is 0 Å². The predicted molar refractivity (Wildman–Crippen MR) is 132 cm³/mol. The molecule has 0 heterocycles. The second kappa shape index (κ2) is 7.11. The van der Waals surface area contributed by atoms with Crippen LogP contribution in [0.3, 0.4) is 0 Å². The summed E-state index contributed by atoms with van der Waals surface area (Å²) in [6.45, 7) is 4.68. The Morgan fingerprint density at radius 3 is 1.97 bits per heavy atom. The molecule has 4 aromatic rings. The van der Waals surface area contributed by atoms with Crippen molar-refractivity contribution in [1.29, 1.82) is 0 Å². The van der Waals surface area contributed by atoms with Crippen LogP contribution in [0.5, 0.6) is 0 Å². The second-order valence-corrected chi connectivity index (χ2v) is 8.18. The molecule has 0 unspecified atom stereocenters. The summed E-state index contributed by atoms with van der Waals surface area (Å²) in [7, 11) is 0. The number of hydrogen-bond acceptors (Lipinski definition) is 0. The van der Waals surface area contributed by atoms with Crippen LogP contribution in [0.15, 0.2) is 103 Å². The lowest BCUT2D eigenvalue weighted by atomic mass is 9.84. The van der Waals surface area contributed by atoms with Crippen LogP contribution in [-0.4, -0.2) is 0 Å². The van der Waals surface area contributed by atoms with Gasteiger partial charge < -0.3 is 0 Å². The van der Waals surface area contributed by atoms with Gasteiger partial charge in [0.25, 0.3) is 0 Å². The van der Waals surface area contributed by atoms with E-state index in [1.54, 1.807) is 0 Å². The fraction of sp³-hybridized carbons (Fsp3) is 0.0323. The Balaban J connectivity index is 1.90. The van der Waals surface area contributed by atoms with Crippen molar-refractivity contribution in [3.05, 3.63) is 135 Å². The van der Waals surface area contributed by atoms with Gasteiger partial charge in [0, 0.05) is 0 Å². The van der Waals surface area contributed by atoms with E-state index in [0.29, 0.717) is 0 Å². The Morgan fingerprint density at radius 1 is 0.645 bits per heavy atom. The van der Waals surface area contributed by atoms with Crippen LogP contribution in [0.25, 0.3) is 40.5 Å². The fourth-order valence-electron chi connectivity index (χ4n) is 5.07. The van der Waals surface area contributed by atoms with Gasteiger partial charge in [-0.15, -0.1) is 0 Å². The largest absolute Gasteiger partial charge is 0.0905 e. The molecule has 0 bridgehead atoms. The highest BCUT2D eigenvalue weighted by Crippen LogP contribution is 2.37. The molecule has 31 heavy (non-hydrogen) atoms. The smallest absolute Gasteiger partial charge is 0.00138 e. The van der Waals surface area contributed by atoms with E-state index in [-0.39, 0.29) is 0 Å². The summed E-state index contributed by atoms with van der Waals surface area (Å²) in [6, 6.07) is 30.3. The van der Waals surface area contributed by atoms with Crippen LogP contribution in [-0.2, 0) is 0 Å². The zero-order valence-electron chi connectivity index (χ0n) is 17.3. The van der Waals surface area contributed by atoms with Crippen LogP contribution >= 0.6 is 0 Å². The van der Waals surface area contributed by atoms with Crippen molar-refractivity contribution in [2.45, 2.75) is 6.42 Å². The molecule has 0 fully saturated rings. The molecule has 0 atom stereocenters. The molecule has 0 saturated heterocycles. The maximum absolute atomic E-state index is 4.68. The van der Waals surface area contributed by atoms with E-state index in [4.69, 9.17) is 0 Å². The van der Waals surface area contributed by atoms with Crippen LogP contribution in [0, 0.1) is 10.4 Å². The third kappa shape index (κ3) is 2.76. The SMILES string of the molecule is C=c1c(C2=CC=CC2)c2c(c(-c3ccccc3)c1-c1ccccc1)=c1ccccc1=C2. The number of benzene rings is 4. The predicted octanol–water partition coefficient (Wildman–Crippen LogP) is 6.20. The van der Waals surface area contributed by atoms with Crippen LogP contribution in [0.4, 0.5) is 0 Å². The van der Waals surface area contributed by atoms with Crippen molar-refractivity contribution in [3.8, 4) is 22.3 Å². The second-order valence-electron chi connectivity index (χ2n) is 8.18. The highest BCUT2D eigenvalue weighted by atomic mass is 14.2. The van der Waals surface area contributed by atoms with Crippen LogP contribution in [0.2, 0.25) is 0 Å². The maximum atomic E-state index is 4.68. The Hall–Kier alpha value is -3.90. The van der Waals surface area contributed by atoms with Gasteiger partial charge in [-0.05, 0) is 72.3 Å². The molecule has 146 valence electrons. The Morgan fingerprint density at radius 2 is 1.29 bits per heavy atom. The molecule has 0 N–H and O–H groups in total. The molecule has 2 aliphatic carbocycles. The molecule has 0 aromatic heterocycles. The molecule has 2 aliphatic rings. The molecular formula is C31H22. The molecule has 4 aromatic carbocycles. The van der Waals surface area contributed by atoms with Gasteiger partial charge in [-0.25, -0.2) is 0 Å². The summed E-state index contributed by atoms with van der Waals surface area (Å²) in [4.78, 5) is 0. The van der Waals surface area contributed by atoms with Gasteiger partial charge in [-0.2, -0.15) is 0 Å². The highest BCUT2D eigenvalue weighted by Gasteiger charge is 2.22. The molecular weight excluding hydrogens is 372 g/mol. The van der Waals surface area contributed by atoms with Gasteiger partial charge in [-0.3, -0.25) is 0 Å². The highest BCUT2D eigenvalue weighted by molar-refractivity contribution is 5.92. The monoisotopic (exact) mass is 394 g/mol. The topological polar surface area (TPSA) is 0 Å². The van der Waals surface area contributed by atoms with Gasteiger partial charge in [0.15, 0.2) is 0 Å². The number of hydrogen-bond donors (Lipinski definition) is 0. The molecule has 0 radical (unpaired) electrons. The van der Waals surface area contributed by atoms with E-state index < -0.39 is 0 Å². The van der Waals surface area contributed by atoms with E-state index in [0.717, 1.165) is 11.6 Å². The average Bonchev–Trinajstić information content (AvgIpc) is 3.48. The first-order valence-electron chi connectivity index (χ1n) is 10.8. The summed E-state index contributed by atoms with van der Waals surface area (Å²) in [6.07, 6.45) is 9.96. The Kier molecular flexibility index (Phi) is 4.11. The molecule has 0 spiro atoms. The van der Waals surface area contributed by atoms with Crippen molar-refractivity contribution in [3.63, 3.8) is 0 Å². The third-order valence-electron chi connectivity index (χ3n) is 6.39. The zero-order valence-corrected chi connectivity index (χ0v) is 17.3. The fourth-order valence-corrected chi connectivity index (χ4v) is 5.07. The lowest BCUT2D eigenvalue weighted by Crippen LogP contribution is -2.15. The maximum Gasteiger partial charge on any atom is -0.00138 e. The van der Waals surface area contributed by atoms with Crippen molar-refractivity contribution in [1.82, 2.24) is 0 Å². The normalized spacial score (nSPS) is 13.5. The van der Waals surface area contributed by atoms with E-state index in [1.165, 1.54) is 54.6 Å². The zero-order chi connectivity index (χ0) is 20.8. The van der Waals surface area contributed by atoms with E-state index in [1.807, 2.05) is 0 Å². The minimum atomic E-state index is 0.956. The molecule has 0 saturated carbocycles. The summed E-state index contributed by atoms with van der Waals surface area (Å²) < 4.78 is 0. The van der Waals surface area contributed by atoms with E-state index in [9.17, 15) is 0 Å². The van der Waals surface area contributed by atoms with Crippen molar-refractivity contribution in [2.75, 3.05) is 0 Å². The quantitative estimate of drug-likeness (QED) is 0.342. The molecule has 0 amide bonds. The van der Waals surface area contributed by atoms with E-state index in [2.05, 4.69) is 116 Å². The van der Waals surface area contributed by atoms with E-state index >= 15 is 0 Å². The first kappa shape index (κ1) is 17.9. The number of rotatable bonds is 3. The standard InChI is InChI=1S/C31H22/c1-21-28(22-16-8-9-17-22)27-20-25-18-10-11-19-26(25)31(27)30(24-14-6-3-7-15-24)29(21)23-12-4-2-5-13-23/h2-16,18-20H,1,17H2. The van der Waals surface area contributed by atoms with Gasteiger partial charge in [-0.1, -0.05) is 110 Å². The first-order chi connectivity index (χ1) is 15.3. The van der Waals surface area contributed by atoms with Crippen molar-refractivity contribution in [2.24, 2.45) is 0 Å². The molecule has 0 aliphatic heterocycles. The van der Waals surface area contributed by atoms with Crippen molar-refractivity contribution >= 4 is 18.2 Å². The van der Waals surface area contributed by atoms with Crippen molar-refractivity contribution < 1.29 is 0 Å². The molecule has 0 nitrogen and oxygen atoms in total. The Bertz CT molecular complexity index is 1590. The van der Waals surface area contributed by atoms with Crippen LogP contribution < -0.4 is 10.4 Å². The minimum absolute atomic E-state index is 0.956. The van der Waals surface area contributed by atoms with Gasteiger partial charge >= 0.3 is 0 Å². The summed E-state index contributed by atoms with van der Waals surface area (Å²) >= 11 is 0. The minimum Gasteiger partial charge on any atom is -0.0905 e. The Labute approximate surface area is 182 Å². The van der Waals surface area contributed by atoms with Gasteiger partial charge in [0.05, 0.1) is 0 Å². The summed E-state index contributed by atoms with van der Waals surface area (Å²) in [5.41, 5.74) is 8.90. The lowest BCUT2D eigenvalue weighted by molar-refractivity contribution is 1.37. The average molecular weight is 395 g/mol. The van der Waals surface area contributed by atoms with Crippen LogP contribution in [0.1, 0.15) is 17.5 Å². The number of allylic oxidation sites excluding steroid dienone is 4. The third-order valence-corrected chi connectivity index (χ3v) is 6.39. The first-order valence-corrected chi connectivity index (χ1v) is 10.8. The lowest BCUT2D eigenvalue weighted by Gasteiger charge is -2.19.